The molecule has 0 amide bonds. The summed E-state index contributed by atoms with van der Waals surface area (Å²) in [6.07, 6.45) is 0. The molecule has 1 aromatic carbocycles. The number of nitrogens with one attached hydrogen (secondary N) is 1. The monoisotopic (exact) mass is 404 g/mol. The van der Waals surface area contributed by atoms with E-state index in [9.17, 15) is 8.42 Å². The topological polar surface area (TPSA) is 59.1 Å². The van der Waals surface area contributed by atoms with Gasteiger partial charge in [-0.3, -0.25) is 4.72 Å². The van der Waals surface area contributed by atoms with Crippen molar-refractivity contribution in [1.82, 2.24) is 4.98 Å². The molecular formula is C12H10Br2N2O2S. The summed E-state index contributed by atoms with van der Waals surface area (Å²) in [7, 11) is -3.66. The lowest BCUT2D eigenvalue weighted by Crippen LogP contribution is -2.14. The van der Waals surface area contributed by atoms with Gasteiger partial charge in [-0.25, -0.2) is 13.4 Å². The van der Waals surface area contributed by atoms with Crippen LogP contribution in [0.5, 0.6) is 0 Å². The second-order valence-corrected chi connectivity index (χ2v) is 7.20. The smallest absolute Gasteiger partial charge is 0.263 e. The van der Waals surface area contributed by atoms with Crippen molar-refractivity contribution >= 4 is 47.7 Å². The Morgan fingerprint density at radius 1 is 1.16 bits per heavy atom. The molecule has 1 aromatic heterocycles. The highest BCUT2D eigenvalue weighted by atomic mass is 79.9. The van der Waals surface area contributed by atoms with E-state index in [2.05, 4.69) is 41.6 Å². The lowest BCUT2D eigenvalue weighted by atomic mass is 10.2. The highest BCUT2D eigenvalue weighted by molar-refractivity contribution is 9.10. The third-order valence-corrected chi connectivity index (χ3v) is 5.10. The summed E-state index contributed by atoms with van der Waals surface area (Å²) in [5.41, 5.74) is 0.978. The van der Waals surface area contributed by atoms with Crippen molar-refractivity contribution in [2.24, 2.45) is 0 Å². The van der Waals surface area contributed by atoms with Gasteiger partial charge < -0.3 is 0 Å². The van der Waals surface area contributed by atoms with Crippen LogP contribution in [0.1, 0.15) is 5.56 Å². The minimum Gasteiger partial charge on any atom is -0.263 e. The second-order valence-electron chi connectivity index (χ2n) is 3.88. The molecule has 1 heterocycles. The van der Waals surface area contributed by atoms with Gasteiger partial charge in [0.05, 0.1) is 0 Å². The Kier molecular flexibility index (Phi) is 4.27. The number of halogens is 2. The first-order valence-electron chi connectivity index (χ1n) is 5.30. The molecule has 0 spiro atoms. The number of nitrogens with zero attached hydrogens (tertiary/aromatic N) is 1. The van der Waals surface area contributed by atoms with Crippen LogP contribution in [0.4, 0.5) is 5.82 Å². The van der Waals surface area contributed by atoms with Crippen molar-refractivity contribution in [3.63, 3.8) is 0 Å². The molecule has 100 valence electrons. The maximum Gasteiger partial charge on any atom is 0.264 e. The van der Waals surface area contributed by atoms with Gasteiger partial charge in [0, 0.05) is 4.47 Å². The molecule has 19 heavy (non-hydrogen) atoms. The van der Waals surface area contributed by atoms with Gasteiger partial charge >= 0.3 is 0 Å². The molecule has 0 fully saturated rings. The van der Waals surface area contributed by atoms with Gasteiger partial charge in [-0.2, -0.15) is 0 Å². The Morgan fingerprint density at radius 3 is 2.53 bits per heavy atom. The SMILES string of the molecule is Cc1ccc(S(=O)(=O)Nc2cccc(Br)n2)c(Br)c1. The quantitative estimate of drug-likeness (QED) is 0.791. The zero-order valence-electron chi connectivity index (χ0n) is 9.89. The summed E-state index contributed by atoms with van der Waals surface area (Å²) in [6.45, 7) is 1.89. The second kappa shape index (κ2) is 5.60. The molecule has 0 aliphatic carbocycles. The van der Waals surface area contributed by atoms with Crippen LogP contribution in [-0.2, 0) is 10.0 Å². The van der Waals surface area contributed by atoms with E-state index >= 15 is 0 Å². The van der Waals surface area contributed by atoms with Crippen molar-refractivity contribution in [1.29, 1.82) is 0 Å². The van der Waals surface area contributed by atoms with Crippen molar-refractivity contribution < 1.29 is 8.42 Å². The average molecular weight is 406 g/mol. The summed E-state index contributed by atoms with van der Waals surface area (Å²) >= 11 is 6.46. The summed E-state index contributed by atoms with van der Waals surface area (Å²) in [5.74, 6) is 0.266. The largest absolute Gasteiger partial charge is 0.264 e. The Labute approximate surface area is 128 Å². The lowest BCUT2D eigenvalue weighted by Gasteiger charge is -2.09. The fourth-order valence-electron chi connectivity index (χ4n) is 1.48. The molecule has 0 saturated heterocycles. The highest BCUT2D eigenvalue weighted by Gasteiger charge is 2.18. The molecule has 0 aliphatic heterocycles. The van der Waals surface area contributed by atoms with Crippen molar-refractivity contribution in [3.8, 4) is 0 Å². The Hall–Kier alpha value is -0.920. The third-order valence-electron chi connectivity index (χ3n) is 2.33. The zero-order chi connectivity index (χ0) is 14.0. The van der Waals surface area contributed by atoms with Crippen LogP contribution >= 0.6 is 31.9 Å². The first kappa shape index (κ1) is 14.5. The molecule has 4 nitrogen and oxygen atoms in total. The number of rotatable bonds is 3. The Balaban J connectivity index is 2.38. The summed E-state index contributed by atoms with van der Waals surface area (Å²) < 4.78 is 28.0. The fraction of sp³-hybridized carbons (Fsp3) is 0.0833. The number of hydrogen-bond donors (Lipinski definition) is 1. The summed E-state index contributed by atoms with van der Waals surface area (Å²) in [5, 5.41) is 0. The van der Waals surface area contributed by atoms with Crippen LogP contribution in [0, 0.1) is 6.92 Å². The minimum absolute atomic E-state index is 0.180. The van der Waals surface area contributed by atoms with Crippen LogP contribution in [-0.4, -0.2) is 13.4 Å². The standard InChI is InChI=1S/C12H10Br2N2O2S/c1-8-5-6-10(9(13)7-8)19(17,18)16-12-4-2-3-11(14)15-12/h2-7H,1H3,(H,15,16). The molecular weight excluding hydrogens is 396 g/mol. The molecule has 7 heteroatoms. The van der Waals surface area contributed by atoms with E-state index in [1.807, 2.05) is 6.92 Å². The first-order chi connectivity index (χ1) is 8.88. The molecule has 1 N–H and O–H groups in total. The van der Waals surface area contributed by atoms with E-state index in [0.29, 0.717) is 9.08 Å². The van der Waals surface area contributed by atoms with Gasteiger partial charge in [-0.15, -0.1) is 0 Å². The molecule has 0 saturated carbocycles. The number of hydrogen-bond acceptors (Lipinski definition) is 3. The maximum atomic E-state index is 12.2. The van der Waals surface area contributed by atoms with E-state index in [-0.39, 0.29) is 10.7 Å². The third kappa shape index (κ3) is 3.55. The molecule has 2 rings (SSSR count). The first-order valence-corrected chi connectivity index (χ1v) is 8.37. The van der Waals surface area contributed by atoms with Crippen LogP contribution in [0.2, 0.25) is 0 Å². The van der Waals surface area contributed by atoms with Crippen LogP contribution in [0.3, 0.4) is 0 Å². The molecule has 0 atom stereocenters. The van der Waals surface area contributed by atoms with Crippen molar-refractivity contribution in [3.05, 3.63) is 51.0 Å². The van der Waals surface area contributed by atoms with Gasteiger partial charge in [0.25, 0.3) is 10.0 Å². The number of aryl methyl sites for hydroxylation is 1. The van der Waals surface area contributed by atoms with E-state index in [1.54, 1.807) is 36.4 Å². The highest BCUT2D eigenvalue weighted by Crippen LogP contribution is 2.25. The fourth-order valence-corrected chi connectivity index (χ4v) is 4.02. The molecule has 0 bridgehead atoms. The van der Waals surface area contributed by atoms with E-state index in [1.165, 1.54) is 0 Å². The number of sulfonamides is 1. The summed E-state index contributed by atoms with van der Waals surface area (Å²) in [6, 6.07) is 10.1. The van der Waals surface area contributed by atoms with Crippen molar-refractivity contribution in [2.45, 2.75) is 11.8 Å². The number of pyridine rings is 1. The maximum absolute atomic E-state index is 12.2. The predicted octanol–water partition coefficient (Wildman–Crippen LogP) is 3.72. The molecule has 2 aromatic rings. The van der Waals surface area contributed by atoms with Crippen LogP contribution in [0.25, 0.3) is 0 Å². The summed E-state index contributed by atoms with van der Waals surface area (Å²) in [4.78, 5) is 4.22. The average Bonchev–Trinajstić information content (AvgIpc) is 2.27. The molecule has 0 radical (unpaired) electrons. The normalized spacial score (nSPS) is 11.3. The van der Waals surface area contributed by atoms with Crippen LogP contribution in [0.15, 0.2) is 50.4 Å². The lowest BCUT2D eigenvalue weighted by molar-refractivity contribution is 0.600. The van der Waals surface area contributed by atoms with Gasteiger partial charge in [0.15, 0.2) is 0 Å². The van der Waals surface area contributed by atoms with Gasteiger partial charge in [0.1, 0.15) is 15.3 Å². The van der Waals surface area contributed by atoms with Gasteiger partial charge in [0.2, 0.25) is 0 Å². The Morgan fingerprint density at radius 2 is 1.89 bits per heavy atom. The predicted molar refractivity (Wildman–Crippen MR) is 81.6 cm³/mol. The molecule has 0 unspecified atom stereocenters. The van der Waals surface area contributed by atoms with Gasteiger partial charge in [-0.05, 0) is 68.6 Å². The number of aromatic nitrogens is 1. The van der Waals surface area contributed by atoms with Gasteiger partial charge in [-0.1, -0.05) is 12.1 Å². The van der Waals surface area contributed by atoms with E-state index < -0.39 is 10.0 Å². The zero-order valence-corrected chi connectivity index (χ0v) is 13.9. The van der Waals surface area contributed by atoms with E-state index in [4.69, 9.17) is 0 Å². The molecule has 0 aliphatic rings. The Bertz CT molecular complexity index is 717. The number of benzene rings is 1. The number of anilines is 1. The van der Waals surface area contributed by atoms with Crippen molar-refractivity contribution in [2.75, 3.05) is 4.72 Å². The minimum atomic E-state index is -3.66. The van der Waals surface area contributed by atoms with Crippen LogP contribution < -0.4 is 4.72 Å². The van der Waals surface area contributed by atoms with E-state index in [0.717, 1.165) is 5.56 Å².